The van der Waals surface area contributed by atoms with Gasteiger partial charge in [-0.15, -0.1) is 0 Å². The Bertz CT molecular complexity index is 605. The number of carbonyl (C=O) groups is 1. The van der Waals surface area contributed by atoms with E-state index < -0.39 is 10.0 Å². The highest BCUT2D eigenvalue weighted by Crippen LogP contribution is 2.30. The lowest BCUT2D eigenvalue weighted by Gasteiger charge is -2.22. The lowest BCUT2D eigenvalue weighted by Crippen LogP contribution is -2.40. The van der Waals surface area contributed by atoms with Crippen LogP contribution in [-0.2, 0) is 14.8 Å². The maximum absolute atomic E-state index is 12.0. The standard InChI is InChI=1S/C14H21N3O3S/c1-16-21(19,20)12-6-4-11(5-7-12)17-13(18)10-14(15)8-2-3-9-14/h4-7,16H,2-3,8-10,15H2,1H3,(H,17,18). The average molecular weight is 311 g/mol. The molecule has 1 aromatic carbocycles. The monoisotopic (exact) mass is 311 g/mol. The third kappa shape index (κ3) is 4.03. The molecule has 2 rings (SSSR count). The largest absolute Gasteiger partial charge is 0.326 e. The number of sulfonamides is 1. The molecule has 6 nitrogen and oxygen atoms in total. The summed E-state index contributed by atoms with van der Waals surface area (Å²) >= 11 is 0. The summed E-state index contributed by atoms with van der Waals surface area (Å²) in [6, 6.07) is 6.05. The van der Waals surface area contributed by atoms with E-state index in [2.05, 4.69) is 10.0 Å². The van der Waals surface area contributed by atoms with Crippen molar-refractivity contribution in [1.29, 1.82) is 0 Å². The molecule has 1 amide bonds. The third-order valence-corrected chi connectivity index (χ3v) is 5.26. The van der Waals surface area contributed by atoms with Crippen LogP contribution < -0.4 is 15.8 Å². The van der Waals surface area contributed by atoms with Gasteiger partial charge < -0.3 is 11.1 Å². The quantitative estimate of drug-likeness (QED) is 0.760. The molecule has 0 unspecified atom stereocenters. The topological polar surface area (TPSA) is 101 Å². The summed E-state index contributed by atoms with van der Waals surface area (Å²) < 4.78 is 25.4. The van der Waals surface area contributed by atoms with Gasteiger partial charge in [-0.2, -0.15) is 0 Å². The highest BCUT2D eigenvalue weighted by Gasteiger charge is 2.31. The van der Waals surface area contributed by atoms with Gasteiger partial charge in [-0.1, -0.05) is 12.8 Å². The Morgan fingerprint density at radius 3 is 2.33 bits per heavy atom. The van der Waals surface area contributed by atoms with Crippen LogP contribution in [0.1, 0.15) is 32.1 Å². The molecule has 0 saturated heterocycles. The van der Waals surface area contributed by atoms with E-state index in [1.54, 1.807) is 12.1 Å². The van der Waals surface area contributed by atoms with Gasteiger partial charge in [0, 0.05) is 17.6 Å². The van der Waals surface area contributed by atoms with E-state index in [0.29, 0.717) is 12.1 Å². The second kappa shape index (κ2) is 6.13. The Morgan fingerprint density at radius 2 is 1.81 bits per heavy atom. The number of hydrogen-bond donors (Lipinski definition) is 3. The van der Waals surface area contributed by atoms with E-state index in [1.165, 1.54) is 19.2 Å². The molecule has 7 heteroatoms. The van der Waals surface area contributed by atoms with E-state index in [1.807, 2.05) is 0 Å². The molecule has 0 spiro atoms. The molecule has 1 aliphatic rings. The van der Waals surface area contributed by atoms with Crippen molar-refractivity contribution >= 4 is 21.6 Å². The number of benzene rings is 1. The first-order chi connectivity index (χ1) is 9.85. The van der Waals surface area contributed by atoms with Crippen molar-refractivity contribution in [2.75, 3.05) is 12.4 Å². The maximum atomic E-state index is 12.0. The molecule has 0 atom stereocenters. The average Bonchev–Trinajstić information content (AvgIpc) is 2.85. The van der Waals surface area contributed by atoms with Gasteiger partial charge in [-0.05, 0) is 44.2 Å². The van der Waals surface area contributed by atoms with Crippen molar-refractivity contribution in [2.45, 2.75) is 42.5 Å². The summed E-state index contributed by atoms with van der Waals surface area (Å²) in [6.07, 6.45) is 4.18. The van der Waals surface area contributed by atoms with Gasteiger partial charge in [0.15, 0.2) is 0 Å². The van der Waals surface area contributed by atoms with Crippen molar-refractivity contribution in [2.24, 2.45) is 5.73 Å². The normalized spacial score (nSPS) is 17.6. The van der Waals surface area contributed by atoms with Gasteiger partial charge in [0.25, 0.3) is 0 Å². The number of carbonyl (C=O) groups excluding carboxylic acids is 1. The van der Waals surface area contributed by atoms with Crippen molar-refractivity contribution in [1.82, 2.24) is 4.72 Å². The second-order valence-corrected chi connectivity index (χ2v) is 7.41. The van der Waals surface area contributed by atoms with Gasteiger partial charge in [0.1, 0.15) is 0 Å². The molecular weight excluding hydrogens is 290 g/mol. The molecule has 21 heavy (non-hydrogen) atoms. The molecule has 1 aromatic rings. The van der Waals surface area contributed by atoms with Gasteiger partial charge in [0.05, 0.1) is 4.90 Å². The molecule has 0 aliphatic heterocycles. The fourth-order valence-corrected chi connectivity index (χ4v) is 3.35. The van der Waals surface area contributed by atoms with Crippen molar-refractivity contribution < 1.29 is 13.2 Å². The number of anilines is 1. The summed E-state index contributed by atoms with van der Waals surface area (Å²) in [5.74, 6) is -0.136. The van der Waals surface area contributed by atoms with E-state index >= 15 is 0 Å². The molecular formula is C14H21N3O3S. The first-order valence-corrected chi connectivity index (χ1v) is 8.45. The van der Waals surface area contributed by atoms with Crippen LogP contribution in [0.4, 0.5) is 5.69 Å². The Balaban J connectivity index is 1.99. The van der Waals surface area contributed by atoms with Crippen LogP contribution in [0.5, 0.6) is 0 Å². The minimum atomic E-state index is -3.45. The summed E-state index contributed by atoms with van der Waals surface area (Å²) in [7, 11) is -2.10. The fourth-order valence-electron chi connectivity index (χ4n) is 2.62. The number of hydrogen-bond acceptors (Lipinski definition) is 4. The number of nitrogens with one attached hydrogen (secondary N) is 2. The highest BCUT2D eigenvalue weighted by molar-refractivity contribution is 7.89. The fraction of sp³-hybridized carbons (Fsp3) is 0.500. The molecule has 0 radical (unpaired) electrons. The predicted octanol–water partition coefficient (Wildman–Crippen LogP) is 1.19. The Hall–Kier alpha value is -1.44. The van der Waals surface area contributed by atoms with E-state index in [4.69, 9.17) is 5.73 Å². The van der Waals surface area contributed by atoms with Gasteiger partial charge >= 0.3 is 0 Å². The van der Waals surface area contributed by atoms with Crippen LogP contribution in [0.3, 0.4) is 0 Å². The lowest BCUT2D eigenvalue weighted by atomic mass is 9.94. The molecule has 0 heterocycles. The summed E-state index contributed by atoms with van der Waals surface area (Å²) in [5, 5.41) is 2.76. The zero-order chi connectivity index (χ0) is 15.5. The highest BCUT2D eigenvalue weighted by atomic mass is 32.2. The van der Waals surface area contributed by atoms with Crippen LogP contribution in [-0.4, -0.2) is 26.9 Å². The SMILES string of the molecule is CNS(=O)(=O)c1ccc(NC(=O)CC2(N)CCCC2)cc1. The maximum Gasteiger partial charge on any atom is 0.240 e. The van der Waals surface area contributed by atoms with Crippen LogP contribution >= 0.6 is 0 Å². The summed E-state index contributed by atoms with van der Waals surface area (Å²) in [5.41, 5.74) is 6.34. The first-order valence-electron chi connectivity index (χ1n) is 6.97. The van der Waals surface area contributed by atoms with E-state index in [-0.39, 0.29) is 16.3 Å². The minimum Gasteiger partial charge on any atom is -0.326 e. The van der Waals surface area contributed by atoms with Crippen molar-refractivity contribution in [3.05, 3.63) is 24.3 Å². The van der Waals surface area contributed by atoms with Crippen LogP contribution in [0.25, 0.3) is 0 Å². The first kappa shape index (κ1) is 15.9. The molecule has 0 aromatic heterocycles. The molecule has 116 valence electrons. The number of rotatable bonds is 5. The Labute approximate surface area is 125 Å². The van der Waals surface area contributed by atoms with Crippen LogP contribution in [0.2, 0.25) is 0 Å². The minimum absolute atomic E-state index is 0.136. The predicted molar refractivity (Wildman–Crippen MR) is 81.3 cm³/mol. The second-order valence-electron chi connectivity index (χ2n) is 5.53. The Kier molecular flexibility index (Phi) is 4.65. The van der Waals surface area contributed by atoms with Crippen LogP contribution in [0.15, 0.2) is 29.2 Å². The number of nitrogens with two attached hydrogens (primary N) is 1. The van der Waals surface area contributed by atoms with Gasteiger partial charge in [-0.3, -0.25) is 4.79 Å². The molecule has 0 bridgehead atoms. The van der Waals surface area contributed by atoms with Gasteiger partial charge in [-0.25, -0.2) is 13.1 Å². The lowest BCUT2D eigenvalue weighted by molar-refractivity contribution is -0.117. The summed E-state index contributed by atoms with van der Waals surface area (Å²) in [6.45, 7) is 0. The van der Waals surface area contributed by atoms with E-state index in [0.717, 1.165) is 25.7 Å². The van der Waals surface area contributed by atoms with Crippen molar-refractivity contribution in [3.8, 4) is 0 Å². The number of amides is 1. The third-order valence-electron chi connectivity index (χ3n) is 3.83. The molecule has 1 aliphatic carbocycles. The summed E-state index contributed by atoms with van der Waals surface area (Å²) in [4.78, 5) is 12.2. The molecule has 1 saturated carbocycles. The zero-order valence-electron chi connectivity index (χ0n) is 12.1. The zero-order valence-corrected chi connectivity index (χ0v) is 12.9. The van der Waals surface area contributed by atoms with Crippen LogP contribution in [0, 0.1) is 0 Å². The molecule has 1 fully saturated rings. The molecule has 4 N–H and O–H groups in total. The Morgan fingerprint density at radius 1 is 1.24 bits per heavy atom. The van der Waals surface area contributed by atoms with Crippen molar-refractivity contribution in [3.63, 3.8) is 0 Å². The van der Waals surface area contributed by atoms with E-state index in [9.17, 15) is 13.2 Å². The smallest absolute Gasteiger partial charge is 0.240 e. The van der Waals surface area contributed by atoms with Gasteiger partial charge in [0.2, 0.25) is 15.9 Å².